The molecule has 8 heteroatoms. The second kappa shape index (κ2) is 8.78. The Balaban J connectivity index is 1.92. The third-order valence-corrected chi connectivity index (χ3v) is 6.23. The van der Waals surface area contributed by atoms with Gasteiger partial charge in [-0.1, -0.05) is 70.8 Å². The summed E-state index contributed by atoms with van der Waals surface area (Å²) in [7, 11) is 0. The first-order chi connectivity index (χ1) is 13.0. The molecule has 140 valence electrons. The number of aryl methyl sites for hydroxylation is 1. The van der Waals surface area contributed by atoms with Gasteiger partial charge < -0.3 is 4.52 Å². The van der Waals surface area contributed by atoms with Gasteiger partial charge in [-0.3, -0.25) is 10.1 Å². The maximum Gasteiger partial charge on any atom is 0.334 e. The summed E-state index contributed by atoms with van der Waals surface area (Å²) < 4.78 is 5.25. The molecule has 0 bridgehead atoms. The SMILES string of the molecule is Cc1noc(CC(SCc2ccccc2)c2cccc(Cl)c2Cl)c1[N+](=O)[O-]. The van der Waals surface area contributed by atoms with Gasteiger partial charge in [0.05, 0.1) is 15.0 Å². The number of thioether (sulfide) groups is 1. The van der Waals surface area contributed by atoms with Crippen molar-refractivity contribution in [3.63, 3.8) is 0 Å². The van der Waals surface area contributed by atoms with Crippen LogP contribution in [0, 0.1) is 17.0 Å². The summed E-state index contributed by atoms with van der Waals surface area (Å²) in [6, 6.07) is 15.4. The van der Waals surface area contributed by atoms with E-state index >= 15 is 0 Å². The Morgan fingerprint density at radius 2 is 1.93 bits per heavy atom. The molecule has 3 rings (SSSR count). The van der Waals surface area contributed by atoms with Gasteiger partial charge in [0.2, 0.25) is 5.76 Å². The fraction of sp³-hybridized carbons (Fsp3) is 0.211. The highest BCUT2D eigenvalue weighted by molar-refractivity contribution is 7.98. The normalized spacial score (nSPS) is 12.1. The van der Waals surface area contributed by atoms with Gasteiger partial charge in [0.1, 0.15) is 0 Å². The zero-order valence-corrected chi connectivity index (χ0v) is 16.7. The van der Waals surface area contributed by atoms with Crippen LogP contribution in [-0.2, 0) is 12.2 Å². The van der Waals surface area contributed by atoms with Crippen LogP contribution in [0.3, 0.4) is 0 Å². The summed E-state index contributed by atoms with van der Waals surface area (Å²) >= 11 is 14.2. The summed E-state index contributed by atoms with van der Waals surface area (Å²) in [5.41, 5.74) is 2.14. The molecule has 0 radical (unpaired) electrons. The van der Waals surface area contributed by atoms with Crippen LogP contribution in [0.5, 0.6) is 0 Å². The second-order valence-electron chi connectivity index (χ2n) is 5.93. The summed E-state index contributed by atoms with van der Waals surface area (Å²) in [6.07, 6.45) is 0.286. The topological polar surface area (TPSA) is 69.2 Å². The van der Waals surface area contributed by atoms with Crippen LogP contribution >= 0.6 is 35.0 Å². The van der Waals surface area contributed by atoms with E-state index in [0.717, 1.165) is 16.9 Å². The molecular formula is C19H16Cl2N2O3S. The molecule has 0 aliphatic heterocycles. The van der Waals surface area contributed by atoms with Crippen molar-refractivity contribution in [3.8, 4) is 0 Å². The number of aromatic nitrogens is 1. The average molecular weight is 423 g/mol. The summed E-state index contributed by atoms with van der Waals surface area (Å²) in [4.78, 5) is 10.9. The number of hydrogen-bond donors (Lipinski definition) is 0. The third-order valence-electron chi connectivity index (χ3n) is 4.08. The maximum atomic E-state index is 11.4. The molecule has 0 fully saturated rings. The Labute approximate surface area is 170 Å². The van der Waals surface area contributed by atoms with Gasteiger partial charge in [-0.15, -0.1) is 11.8 Å². The van der Waals surface area contributed by atoms with E-state index in [1.54, 1.807) is 24.8 Å². The van der Waals surface area contributed by atoms with Crippen molar-refractivity contribution in [2.45, 2.75) is 24.3 Å². The average Bonchev–Trinajstić information content (AvgIpc) is 3.02. The van der Waals surface area contributed by atoms with Gasteiger partial charge >= 0.3 is 5.69 Å². The van der Waals surface area contributed by atoms with Gasteiger partial charge in [-0.2, -0.15) is 0 Å². The molecular weight excluding hydrogens is 407 g/mol. The van der Waals surface area contributed by atoms with E-state index in [2.05, 4.69) is 5.16 Å². The number of halogens is 2. The summed E-state index contributed by atoms with van der Waals surface area (Å²) in [5, 5.41) is 15.8. The summed E-state index contributed by atoms with van der Waals surface area (Å²) in [6.45, 7) is 1.56. The van der Waals surface area contributed by atoms with Crippen LogP contribution in [0.2, 0.25) is 10.0 Å². The van der Waals surface area contributed by atoms with E-state index in [9.17, 15) is 10.1 Å². The lowest BCUT2D eigenvalue weighted by Crippen LogP contribution is -2.03. The van der Waals surface area contributed by atoms with Gasteiger partial charge in [-0.25, -0.2) is 0 Å². The van der Waals surface area contributed by atoms with Crippen LogP contribution in [0.1, 0.15) is 27.8 Å². The van der Waals surface area contributed by atoms with E-state index in [-0.39, 0.29) is 28.8 Å². The van der Waals surface area contributed by atoms with Gasteiger partial charge in [0.25, 0.3) is 0 Å². The van der Waals surface area contributed by atoms with E-state index in [0.29, 0.717) is 10.0 Å². The molecule has 0 amide bonds. The van der Waals surface area contributed by atoms with Crippen molar-refractivity contribution in [1.29, 1.82) is 0 Å². The smallest absolute Gasteiger partial charge is 0.334 e. The molecule has 2 aromatic carbocycles. The molecule has 1 atom stereocenters. The Hall–Kier alpha value is -2.02. The van der Waals surface area contributed by atoms with E-state index in [1.807, 2.05) is 42.5 Å². The van der Waals surface area contributed by atoms with Crippen LogP contribution < -0.4 is 0 Å². The van der Waals surface area contributed by atoms with E-state index in [4.69, 9.17) is 27.7 Å². The highest BCUT2D eigenvalue weighted by Gasteiger charge is 2.28. The maximum absolute atomic E-state index is 11.4. The molecule has 1 unspecified atom stereocenters. The van der Waals surface area contributed by atoms with Gasteiger partial charge in [0, 0.05) is 17.4 Å². The molecule has 1 heterocycles. The quantitative estimate of drug-likeness (QED) is 0.324. The Bertz CT molecular complexity index is 947. The van der Waals surface area contributed by atoms with Crippen molar-refractivity contribution in [2.24, 2.45) is 0 Å². The van der Waals surface area contributed by atoms with Crippen LogP contribution in [0.4, 0.5) is 5.69 Å². The molecule has 0 aliphatic carbocycles. The number of hydrogen-bond acceptors (Lipinski definition) is 5. The van der Waals surface area contributed by atoms with E-state index in [1.165, 1.54) is 0 Å². The van der Waals surface area contributed by atoms with Crippen LogP contribution in [-0.4, -0.2) is 10.1 Å². The molecule has 5 nitrogen and oxygen atoms in total. The molecule has 1 aromatic heterocycles. The van der Waals surface area contributed by atoms with Crippen molar-refractivity contribution >= 4 is 40.7 Å². The number of rotatable bonds is 7. The highest BCUT2D eigenvalue weighted by atomic mass is 35.5. The fourth-order valence-corrected chi connectivity index (χ4v) is 4.48. The lowest BCUT2D eigenvalue weighted by atomic mass is 10.1. The first-order valence-corrected chi connectivity index (χ1v) is 9.96. The first kappa shape index (κ1) is 19.7. The minimum absolute atomic E-state index is 0.0848. The first-order valence-electron chi connectivity index (χ1n) is 8.16. The lowest BCUT2D eigenvalue weighted by molar-refractivity contribution is -0.386. The largest absolute Gasteiger partial charge is 0.354 e. The predicted octanol–water partition coefficient (Wildman–Crippen LogP) is 6.42. The summed E-state index contributed by atoms with van der Waals surface area (Å²) in [5.74, 6) is 0.953. The van der Waals surface area contributed by atoms with Gasteiger partial charge in [-0.05, 0) is 24.1 Å². The molecule has 27 heavy (non-hydrogen) atoms. The molecule has 0 saturated heterocycles. The number of nitrogens with zero attached hydrogens (tertiary/aromatic N) is 2. The van der Waals surface area contributed by atoms with Crippen molar-refractivity contribution in [3.05, 3.63) is 91.3 Å². The number of benzene rings is 2. The van der Waals surface area contributed by atoms with Gasteiger partial charge in [0.15, 0.2) is 5.69 Å². The van der Waals surface area contributed by atoms with Crippen molar-refractivity contribution < 1.29 is 9.45 Å². The minimum Gasteiger partial charge on any atom is -0.354 e. The fourth-order valence-electron chi connectivity index (χ4n) is 2.75. The monoisotopic (exact) mass is 422 g/mol. The molecule has 0 spiro atoms. The van der Waals surface area contributed by atoms with Crippen molar-refractivity contribution in [1.82, 2.24) is 5.16 Å². The zero-order valence-electron chi connectivity index (χ0n) is 14.4. The molecule has 3 aromatic rings. The second-order valence-corrected chi connectivity index (χ2v) is 7.91. The Morgan fingerprint density at radius 1 is 1.19 bits per heavy atom. The lowest BCUT2D eigenvalue weighted by Gasteiger charge is -2.18. The zero-order chi connectivity index (χ0) is 19.4. The molecule has 0 aliphatic rings. The highest BCUT2D eigenvalue weighted by Crippen LogP contribution is 2.42. The standard InChI is InChI=1S/C19H16Cl2N2O3S/c1-12-19(23(24)25)16(26-22-12)10-17(14-8-5-9-15(20)18(14)21)27-11-13-6-3-2-4-7-13/h2-9,17H,10-11H2,1H3. The van der Waals surface area contributed by atoms with Crippen LogP contribution in [0.25, 0.3) is 0 Å². The van der Waals surface area contributed by atoms with E-state index < -0.39 is 4.92 Å². The Kier molecular flexibility index (Phi) is 6.42. The number of nitro groups is 1. The minimum atomic E-state index is -0.459. The molecule has 0 saturated carbocycles. The Morgan fingerprint density at radius 3 is 2.63 bits per heavy atom. The van der Waals surface area contributed by atoms with Crippen molar-refractivity contribution in [2.75, 3.05) is 0 Å². The van der Waals surface area contributed by atoms with Crippen LogP contribution in [0.15, 0.2) is 53.1 Å². The molecule has 0 N–H and O–H groups in total. The third kappa shape index (κ3) is 4.64. The predicted molar refractivity (Wildman–Crippen MR) is 109 cm³/mol.